The van der Waals surface area contributed by atoms with Crippen LogP contribution in [0.5, 0.6) is 0 Å². The van der Waals surface area contributed by atoms with Gasteiger partial charge in [0.15, 0.2) is 0 Å². The molecule has 1 N–H and O–H groups in total. The molecule has 31 heavy (non-hydrogen) atoms. The summed E-state index contributed by atoms with van der Waals surface area (Å²) < 4.78 is 28.3. The van der Waals surface area contributed by atoms with Crippen molar-refractivity contribution in [2.45, 2.75) is 50.0 Å². The van der Waals surface area contributed by atoms with E-state index in [9.17, 15) is 13.2 Å². The predicted molar refractivity (Wildman–Crippen MR) is 123 cm³/mol. The van der Waals surface area contributed by atoms with E-state index in [4.69, 9.17) is 0 Å². The van der Waals surface area contributed by atoms with Crippen LogP contribution in [0.25, 0.3) is 0 Å². The Morgan fingerprint density at radius 1 is 1.06 bits per heavy atom. The number of carbonyl (C=O) groups is 1. The summed E-state index contributed by atoms with van der Waals surface area (Å²) in [6.07, 6.45) is 5.41. The first-order valence-electron chi connectivity index (χ1n) is 11.2. The van der Waals surface area contributed by atoms with Gasteiger partial charge in [0.1, 0.15) is 0 Å². The van der Waals surface area contributed by atoms with Crippen LogP contribution in [0.1, 0.15) is 48.5 Å². The van der Waals surface area contributed by atoms with Gasteiger partial charge in [-0.1, -0.05) is 30.7 Å². The number of fused-ring (bicyclic) bond motifs is 1. The lowest BCUT2D eigenvalue weighted by atomic mass is 10.1. The number of hydrogen-bond donors (Lipinski definition) is 1. The smallest absolute Gasteiger partial charge is 0.264 e. The standard InChI is InChI=1S/C24H31N3O3S/c1-19-17-20-9-3-4-12-23(20)27(19)31(29,30)22-11-7-10-21(18-22)24(28)25-13-8-16-26-14-5-2-6-15-26/h3-4,7,9-12,18-19H,2,5-6,8,13-17H2,1H3,(H,25,28). The zero-order valence-electron chi connectivity index (χ0n) is 18.1. The monoisotopic (exact) mass is 441 g/mol. The summed E-state index contributed by atoms with van der Waals surface area (Å²) in [5.41, 5.74) is 2.13. The molecule has 7 heteroatoms. The molecule has 1 atom stereocenters. The van der Waals surface area contributed by atoms with E-state index < -0.39 is 10.0 Å². The molecule has 1 fully saturated rings. The van der Waals surface area contributed by atoms with Crippen molar-refractivity contribution in [2.75, 3.05) is 30.5 Å². The molecule has 0 saturated carbocycles. The van der Waals surface area contributed by atoms with Gasteiger partial charge in [-0.3, -0.25) is 9.10 Å². The van der Waals surface area contributed by atoms with E-state index in [0.29, 0.717) is 18.5 Å². The third-order valence-corrected chi connectivity index (χ3v) is 8.11. The van der Waals surface area contributed by atoms with Gasteiger partial charge in [-0.15, -0.1) is 0 Å². The van der Waals surface area contributed by atoms with Gasteiger partial charge < -0.3 is 10.2 Å². The number of nitrogens with zero attached hydrogens (tertiary/aromatic N) is 2. The molecule has 0 spiro atoms. The van der Waals surface area contributed by atoms with Crippen molar-refractivity contribution in [3.8, 4) is 0 Å². The fourth-order valence-electron chi connectivity index (χ4n) is 4.60. The van der Waals surface area contributed by atoms with Gasteiger partial charge in [0.25, 0.3) is 15.9 Å². The molecule has 0 aromatic heterocycles. The number of likely N-dealkylation sites (tertiary alicyclic amines) is 1. The maximum atomic E-state index is 13.4. The van der Waals surface area contributed by atoms with Crippen LogP contribution in [-0.4, -0.2) is 51.4 Å². The lowest BCUT2D eigenvalue weighted by Crippen LogP contribution is -2.36. The molecule has 2 aromatic carbocycles. The number of benzene rings is 2. The van der Waals surface area contributed by atoms with Gasteiger partial charge in [0.2, 0.25) is 0 Å². The Hall–Kier alpha value is -2.38. The second kappa shape index (κ2) is 9.40. The Bertz CT molecular complexity index is 1030. The summed E-state index contributed by atoms with van der Waals surface area (Å²) in [6, 6.07) is 13.8. The number of anilines is 1. The number of nitrogens with one attached hydrogen (secondary N) is 1. The Morgan fingerprint density at radius 2 is 1.84 bits per heavy atom. The van der Waals surface area contributed by atoms with Crippen LogP contribution in [-0.2, 0) is 16.4 Å². The molecule has 1 amide bonds. The Balaban J connectivity index is 1.42. The molecule has 0 radical (unpaired) electrons. The molecule has 0 bridgehead atoms. The molecule has 2 aliphatic heterocycles. The number of para-hydroxylation sites is 1. The van der Waals surface area contributed by atoms with Crippen LogP contribution >= 0.6 is 0 Å². The minimum atomic E-state index is -3.75. The third-order valence-electron chi connectivity index (χ3n) is 6.18. The van der Waals surface area contributed by atoms with Gasteiger partial charge >= 0.3 is 0 Å². The van der Waals surface area contributed by atoms with Crippen molar-refractivity contribution in [3.05, 3.63) is 59.7 Å². The maximum Gasteiger partial charge on any atom is 0.264 e. The largest absolute Gasteiger partial charge is 0.352 e. The summed E-state index contributed by atoms with van der Waals surface area (Å²) in [4.78, 5) is 15.2. The lowest BCUT2D eigenvalue weighted by molar-refractivity contribution is 0.0951. The molecule has 1 saturated heterocycles. The molecule has 1 unspecified atom stereocenters. The van der Waals surface area contributed by atoms with E-state index in [1.807, 2.05) is 31.2 Å². The van der Waals surface area contributed by atoms with E-state index in [2.05, 4.69) is 10.2 Å². The molecule has 2 heterocycles. The number of amides is 1. The van der Waals surface area contributed by atoms with E-state index in [1.54, 1.807) is 18.2 Å². The SMILES string of the molecule is CC1Cc2ccccc2N1S(=O)(=O)c1cccc(C(=O)NCCCN2CCCCC2)c1. The van der Waals surface area contributed by atoms with Crippen molar-refractivity contribution in [1.29, 1.82) is 0 Å². The molecular weight excluding hydrogens is 410 g/mol. The predicted octanol–water partition coefficient (Wildman–Crippen LogP) is 3.43. The first kappa shape index (κ1) is 21.8. The quantitative estimate of drug-likeness (QED) is 0.669. The van der Waals surface area contributed by atoms with E-state index in [0.717, 1.165) is 37.3 Å². The fourth-order valence-corrected chi connectivity index (χ4v) is 6.34. The highest BCUT2D eigenvalue weighted by Gasteiger charge is 2.36. The van der Waals surface area contributed by atoms with Gasteiger partial charge in [-0.25, -0.2) is 8.42 Å². The number of sulfonamides is 1. The van der Waals surface area contributed by atoms with Crippen LogP contribution in [0, 0.1) is 0 Å². The highest BCUT2D eigenvalue weighted by atomic mass is 32.2. The second-order valence-corrected chi connectivity index (χ2v) is 10.3. The average molecular weight is 442 g/mol. The van der Waals surface area contributed by atoms with Crippen LogP contribution in [0.2, 0.25) is 0 Å². The summed E-state index contributed by atoms with van der Waals surface area (Å²) >= 11 is 0. The number of piperidine rings is 1. The third kappa shape index (κ3) is 4.77. The average Bonchev–Trinajstić information content (AvgIpc) is 3.13. The summed E-state index contributed by atoms with van der Waals surface area (Å²) in [6.45, 7) is 5.78. The fraction of sp³-hybridized carbons (Fsp3) is 0.458. The number of hydrogen-bond acceptors (Lipinski definition) is 4. The Morgan fingerprint density at radius 3 is 2.65 bits per heavy atom. The summed E-state index contributed by atoms with van der Waals surface area (Å²) in [5.74, 6) is -0.231. The Kier molecular flexibility index (Phi) is 6.62. The molecule has 2 aliphatic rings. The Labute approximate surface area is 185 Å². The van der Waals surface area contributed by atoms with Crippen molar-refractivity contribution in [3.63, 3.8) is 0 Å². The number of rotatable bonds is 7. The van der Waals surface area contributed by atoms with E-state index in [1.165, 1.54) is 29.6 Å². The van der Waals surface area contributed by atoms with E-state index >= 15 is 0 Å². The molecule has 6 nitrogen and oxygen atoms in total. The molecule has 166 valence electrons. The van der Waals surface area contributed by atoms with Crippen molar-refractivity contribution in [2.24, 2.45) is 0 Å². The molecule has 4 rings (SSSR count). The van der Waals surface area contributed by atoms with Crippen LogP contribution in [0.4, 0.5) is 5.69 Å². The molecule has 2 aromatic rings. The number of carbonyl (C=O) groups excluding carboxylic acids is 1. The molecule has 0 aliphatic carbocycles. The van der Waals surface area contributed by atoms with Crippen molar-refractivity contribution < 1.29 is 13.2 Å². The normalized spacial score (nSPS) is 19.3. The van der Waals surface area contributed by atoms with Crippen LogP contribution in [0.15, 0.2) is 53.4 Å². The van der Waals surface area contributed by atoms with Gasteiger partial charge in [-0.05, 0) is 82.1 Å². The first-order chi connectivity index (χ1) is 15.0. The second-order valence-electron chi connectivity index (χ2n) is 8.52. The van der Waals surface area contributed by atoms with Crippen molar-refractivity contribution >= 4 is 21.6 Å². The summed E-state index contributed by atoms with van der Waals surface area (Å²) in [5, 5.41) is 2.94. The van der Waals surface area contributed by atoms with Crippen LogP contribution < -0.4 is 9.62 Å². The van der Waals surface area contributed by atoms with E-state index in [-0.39, 0.29) is 16.8 Å². The topological polar surface area (TPSA) is 69.7 Å². The van der Waals surface area contributed by atoms with Crippen molar-refractivity contribution in [1.82, 2.24) is 10.2 Å². The zero-order chi connectivity index (χ0) is 21.8. The molecular formula is C24H31N3O3S. The highest BCUT2D eigenvalue weighted by molar-refractivity contribution is 7.92. The zero-order valence-corrected chi connectivity index (χ0v) is 18.9. The first-order valence-corrected chi connectivity index (χ1v) is 12.6. The lowest BCUT2D eigenvalue weighted by Gasteiger charge is -2.26. The van der Waals surface area contributed by atoms with Gasteiger partial charge in [-0.2, -0.15) is 0 Å². The minimum Gasteiger partial charge on any atom is -0.352 e. The van der Waals surface area contributed by atoms with Gasteiger partial charge in [0.05, 0.1) is 10.6 Å². The minimum absolute atomic E-state index is 0.150. The highest BCUT2D eigenvalue weighted by Crippen LogP contribution is 2.36. The summed E-state index contributed by atoms with van der Waals surface area (Å²) in [7, 11) is -3.75. The van der Waals surface area contributed by atoms with Gasteiger partial charge in [0, 0.05) is 18.2 Å². The van der Waals surface area contributed by atoms with Crippen LogP contribution in [0.3, 0.4) is 0 Å². The maximum absolute atomic E-state index is 13.4.